The number of halogens is 1. The third kappa shape index (κ3) is 1.59. The largest absolute Gasteiger partial charge is 0.384 e. The average Bonchev–Trinajstić information content (AvgIpc) is 2.99. The van der Waals surface area contributed by atoms with Crippen molar-refractivity contribution in [3.8, 4) is 0 Å². The van der Waals surface area contributed by atoms with Gasteiger partial charge in [-0.1, -0.05) is 6.07 Å². The van der Waals surface area contributed by atoms with Gasteiger partial charge in [0.25, 0.3) is 0 Å². The number of amides is 1. The van der Waals surface area contributed by atoms with Crippen molar-refractivity contribution in [2.24, 2.45) is 0 Å². The fourth-order valence-electron chi connectivity index (χ4n) is 2.32. The van der Waals surface area contributed by atoms with E-state index in [0.717, 1.165) is 24.2 Å². The molecule has 0 bridgehead atoms. The zero-order valence-corrected chi connectivity index (χ0v) is 10.8. The van der Waals surface area contributed by atoms with Gasteiger partial charge in [-0.25, -0.2) is 4.98 Å². The standard InChI is InChI=1S/C12H15N3O.ClH/c1-12(2)8-5-6-9(13)14-10(8)15(11(12)16)7-3-4-7;/h5-7H,3-4H2,1-2H3,(H2,13,14);1H. The van der Waals surface area contributed by atoms with Crippen LogP contribution in [0.3, 0.4) is 0 Å². The molecule has 1 aromatic rings. The molecule has 2 heterocycles. The molecule has 0 radical (unpaired) electrons. The zero-order chi connectivity index (χ0) is 11.5. The summed E-state index contributed by atoms with van der Waals surface area (Å²) >= 11 is 0. The molecule has 5 heteroatoms. The van der Waals surface area contributed by atoms with Gasteiger partial charge in [0.15, 0.2) is 0 Å². The van der Waals surface area contributed by atoms with E-state index in [9.17, 15) is 4.79 Å². The van der Waals surface area contributed by atoms with Gasteiger partial charge in [-0.2, -0.15) is 0 Å². The molecule has 2 aliphatic rings. The second kappa shape index (κ2) is 3.60. The Labute approximate surface area is 107 Å². The van der Waals surface area contributed by atoms with Crippen LogP contribution in [0, 0.1) is 0 Å². The Morgan fingerprint density at radius 1 is 1.41 bits per heavy atom. The first kappa shape index (κ1) is 12.2. The van der Waals surface area contributed by atoms with E-state index in [-0.39, 0.29) is 18.3 Å². The molecule has 1 saturated carbocycles. The van der Waals surface area contributed by atoms with Gasteiger partial charge >= 0.3 is 0 Å². The Morgan fingerprint density at radius 3 is 2.65 bits per heavy atom. The number of hydrogen-bond donors (Lipinski definition) is 1. The van der Waals surface area contributed by atoms with Gasteiger partial charge in [0.1, 0.15) is 11.6 Å². The van der Waals surface area contributed by atoms with Crippen LogP contribution in [0.4, 0.5) is 11.6 Å². The van der Waals surface area contributed by atoms with Crippen LogP contribution in [0.1, 0.15) is 32.3 Å². The van der Waals surface area contributed by atoms with Gasteiger partial charge in [0.05, 0.1) is 5.41 Å². The molecule has 92 valence electrons. The lowest BCUT2D eigenvalue weighted by Gasteiger charge is -2.19. The first-order valence-corrected chi connectivity index (χ1v) is 5.62. The quantitative estimate of drug-likeness (QED) is 0.831. The van der Waals surface area contributed by atoms with E-state index >= 15 is 0 Å². The van der Waals surface area contributed by atoms with E-state index in [2.05, 4.69) is 4.98 Å². The lowest BCUT2D eigenvalue weighted by atomic mass is 9.87. The summed E-state index contributed by atoms with van der Waals surface area (Å²) < 4.78 is 0. The fourth-order valence-corrected chi connectivity index (χ4v) is 2.32. The molecule has 0 saturated heterocycles. The number of carbonyl (C=O) groups is 1. The number of anilines is 2. The Morgan fingerprint density at radius 2 is 2.06 bits per heavy atom. The molecule has 0 aromatic carbocycles. The lowest BCUT2D eigenvalue weighted by Crippen LogP contribution is -2.37. The summed E-state index contributed by atoms with van der Waals surface area (Å²) in [6.45, 7) is 3.91. The second-order valence-corrected chi connectivity index (χ2v) is 5.14. The maximum atomic E-state index is 12.3. The summed E-state index contributed by atoms with van der Waals surface area (Å²) in [5, 5.41) is 0. The number of hydrogen-bond acceptors (Lipinski definition) is 3. The number of nitrogen functional groups attached to an aromatic ring is 1. The maximum Gasteiger partial charge on any atom is 0.238 e. The Balaban J connectivity index is 0.00000108. The van der Waals surface area contributed by atoms with Crippen molar-refractivity contribution in [3.05, 3.63) is 17.7 Å². The highest BCUT2D eigenvalue weighted by atomic mass is 35.5. The van der Waals surface area contributed by atoms with E-state index in [4.69, 9.17) is 5.73 Å². The van der Waals surface area contributed by atoms with E-state index in [0.29, 0.717) is 11.9 Å². The molecular formula is C12H16ClN3O. The summed E-state index contributed by atoms with van der Waals surface area (Å²) in [6, 6.07) is 4.05. The topological polar surface area (TPSA) is 59.2 Å². The fraction of sp³-hybridized carbons (Fsp3) is 0.500. The minimum absolute atomic E-state index is 0. The molecule has 17 heavy (non-hydrogen) atoms. The lowest BCUT2D eigenvalue weighted by molar-refractivity contribution is -0.122. The summed E-state index contributed by atoms with van der Waals surface area (Å²) in [5.41, 5.74) is 6.24. The predicted octanol–water partition coefficient (Wildman–Crippen LogP) is 1.87. The average molecular weight is 254 g/mol. The van der Waals surface area contributed by atoms with Crippen molar-refractivity contribution in [2.75, 3.05) is 10.6 Å². The van der Waals surface area contributed by atoms with Crippen LogP contribution in [-0.2, 0) is 10.2 Å². The van der Waals surface area contributed by atoms with Crippen molar-refractivity contribution in [1.29, 1.82) is 0 Å². The minimum atomic E-state index is -0.460. The third-order valence-electron chi connectivity index (χ3n) is 3.46. The number of carbonyl (C=O) groups excluding carboxylic acids is 1. The number of aromatic nitrogens is 1. The van der Waals surface area contributed by atoms with Crippen LogP contribution < -0.4 is 10.6 Å². The van der Waals surface area contributed by atoms with Crippen molar-refractivity contribution in [1.82, 2.24) is 4.98 Å². The highest BCUT2D eigenvalue weighted by Gasteiger charge is 2.49. The van der Waals surface area contributed by atoms with Crippen molar-refractivity contribution in [3.63, 3.8) is 0 Å². The number of nitrogens with two attached hydrogens (primary N) is 1. The van der Waals surface area contributed by atoms with Crippen molar-refractivity contribution in [2.45, 2.75) is 38.1 Å². The summed E-state index contributed by atoms with van der Waals surface area (Å²) in [6.07, 6.45) is 2.16. The molecule has 0 atom stereocenters. The van der Waals surface area contributed by atoms with Crippen LogP contribution in [0.15, 0.2) is 12.1 Å². The summed E-state index contributed by atoms with van der Waals surface area (Å²) in [7, 11) is 0. The summed E-state index contributed by atoms with van der Waals surface area (Å²) in [4.78, 5) is 18.5. The van der Waals surface area contributed by atoms with Gasteiger partial charge in [-0.05, 0) is 32.8 Å². The monoisotopic (exact) mass is 253 g/mol. The Bertz CT molecular complexity index is 483. The first-order valence-electron chi connectivity index (χ1n) is 5.62. The smallest absolute Gasteiger partial charge is 0.238 e. The predicted molar refractivity (Wildman–Crippen MR) is 69.4 cm³/mol. The molecule has 1 aliphatic carbocycles. The second-order valence-electron chi connectivity index (χ2n) is 5.14. The SMILES string of the molecule is CC1(C)C(=O)N(C2CC2)c2nc(N)ccc21.Cl. The number of rotatable bonds is 1. The third-order valence-corrected chi connectivity index (χ3v) is 3.46. The molecule has 1 aliphatic heterocycles. The van der Waals surface area contributed by atoms with Crippen LogP contribution in [0.25, 0.3) is 0 Å². The highest BCUT2D eigenvalue weighted by molar-refractivity contribution is 6.07. The molecule has 1 amide bonds. The van der Waals surface area contributed by atoms with Gasteiger partial charge in [-0.15, -0.1) is 12.4 Å². The molecule has 3 rings (SSSR count). The van der Waals surface area contributed by atoms with Gasteiger partial charge in [0, 0.05) is 11.6 Å². The zero-order valence-electron chi connectivity index (χ0n) is 9.93. The molecule has 4 nitrogen and oxygen atoms in total. The van der Waals surface area contributed by atoms with Crippen LogP contribution in [-0.4, -0.2) is 16.9 Å². The van der Waals surface area contributed by atoms with Gasteiger partial charge in [0.2, 0.25) is 5.91 Å². The maximum absolute atomic E-state index is 12.3. The first-order chi connectivity index (χ1) is 7.51. The van der Waals surface area contributed by atoms with Crippen LogP contribution >= 0.6 is 12.4 Å². The number of nitrogens with zero attached hydrogens (tertiary/aromatic N) is 2. The number of pyridine rings is 1. The van der Waals surface area contributed by atoms with E-state index in [1.807, 2.05) is 24.8 Å². The minimum Gasteiger partial charge on any atom is -0.384 e. The van der Waals surface area contributed by atoms with Crippen LogP contribution in [0.2, 0.25) is 0 Å². The molecular weight excluding hydrogens is 238 g/mol. The van der Waals surface area contributed by atoms with Gasteiger partial charge < -0.3 is 5.73 Å². The molecule has 2 N–H and O–H groups in total. The van der Waals surface area contributed by atoms with E-state index in [1.54, 1.807) is 6.07 Å². The Kier molecular flexibility index (Phi) is 2.58. The molecule has 1 fully saturated rings. The Hall–Kier alpha value is -1.29. The van der Waals surface area contributed by atoms with Crippen molar-refractivity contribution < 1.29 is 4.79 Å². The van der Waals surface area contributed by atoms with E-state index < -0.39 is 5.41 Å². The molecule has 1 aromatic heterocycles. The number of fused-ring (bicyclic) bond motifs is 1. The normalized spacial score (nSPS) is 21.1. The molecule has 0 spiro atoms. The van der Waals surface area contributed by atoms with Gasteiger partial charge in [-0.3, -0.25) is 9.69 Å². The van der Waals surface area contributed by atoms with Crippen molar-refractivity contribution >= 4 is 29.9 Å². The highest BCUT2D eigenvalue weighted by Crippen LogP contribution is 2.45. The molecule has 0 unspecified atom stereocenters. The summed E-state index contributed by atoms with van der Waals surface area (Å²) in [5.74, 6) is 1.41. The van der Waals surface area contributed by atoms with Crippen LogP contribution in [0.5, 0.6) is 0 Å². The van der Waals surface area contributed by atoms with E-state index in [1.165, 1.54) is 0 Å².